The molecular formula is C15H13Cl2NO3S. The minimum Gasteiger partial charge on any atom is -0.489 e. The van der Waals surface area contributed by atoms with Crippen molar-refractivity contribution in [3.05, 3.63) is 52.5 Å². The number of rotatable bonds is 2. The summed E-state index contributed by atoms with van der Waals surface area (Å²) < 4.78 is 33.0. The Morgan fingerprint density at radius 2 is 1.91 bits per heavy atom. The van der Waals surface area contributed by atoms with Crippen molar-refractivity contribution in [2.45, 2.75) is 17.9 Å². The molecule has 7 heteroatoms. The predicted octanol–water partition coefficient (Wildman–Crippen LogP) is 3.97. The van der Waals surface area contributed by atoms with Crippen LogP contribution >= 0.6 is 23.2 Å². The minimum atomic E-state index is -3.84. The summed E-state index contributed by atoms with van der Waals surface area (Å²) in [5.41, 5.74) is 0.497. The van der Waals surface area contributed by atoms with Gasteiger partial charge in [-0.05, 0) is 37.3 Å². The maximum atomic E-state index is 13.1. The summed E-state index contributed by atoms with van der Waals surface area (Å²) >= 11 is 12.0. The van der Waals surface area contributed by atoms with Gasteiger partial charge in [0.15, 0.2) is 0 Å². The standard InChI is InChI=1S/C15H13Cl2NO3S/c1-10-9-21-14-5-3-2-4-13(14)18(10)22(19,20)15-8-11(16)6-7-12(15)17/h2-8,10H,9H2,1H3/t10-/m0/s1. The molecule has 3 rings (SSSR count). The third-order valence-electron chi connectivity index (χ3n) is 3.41. The molecule has 0 amide bonds. The Bertz CT molecular complexity index is 823. The van der Waals surface area contributed by atoms with E-state index in [-0.39, 0.29) is 22.6 Å². The van der Waals surface area contributed by atoms with Gasteiger partial charge in [0.2, 0.25) is 0 Å². The normalized spacial score (nSPS) is 17.8. The Balaban J connectivity index is 2.19. The van der Waals surface area contributed by atoms with Crippen LogP contribution in [0.4, 0.5) is 5.69 Å². The van der Waals surface area contributed by atoms with Gasteiger partial charge in [0.1, 0.15) is 17.3 Å². The van der Waals surface area contributed by atoms with Crippen LogP contribution in [-0.2, 0) is 10.0 Å². The highest BCUT2D eigenvalue weighted by Crippen LogP contribution is 2.39. The van der Waals surface area contributed by atoms with Crippen LogP contribution in [-0.4, -0.2) is 21.1 Å². The van der Waals surface area contributed by atoms with E-state index in [2.05, 4.69) is 0 Å². The van der Waals surface area contributed by atoms with Gasteiger partial charge in [-0.1, -0.05) is 35.3 Å². The molecule has 2 aromatic carbocycles. The van der Waals surface area contributed by atoms with E-state index in [1.807, 2.05) is 0 Å². The monoisotopic (exact) mass is 357 g/mol. The van der Waals surface area contributed by atoms with Crippen LogP contribution in [0.3, 0.4) is 0 Å². The molecule has 0 saturated carbocycles. The summed E-state index contributed by atoms with van der Waals surface area (Å²) in [6, 6.07) is 11.1. The maximum Gasteiger partial charge on any atom is 0.266 e. The number of hydrogen-bond donors (Lipinski definition) is 0. The van der Waals surface area contributed by atoms with E-state index < -0.39 is 10.0 Å². The first-order chi connectivity index (χ1) is 10.4. The third-order valence-corrected chi connectivity index (χ3v) is 6.06. The lowest BCUT2D eigenvalue weighted by atomic mass is 10.2. The summed E-state index contributed by atoms with van der Waals surface area (Å²) in [6.45, 7) is 2.06. The molecule has 4 nitrogen and oxygen atoms in total. The molecule has 116 valence electrons. The average molecular weight is 358 g/mol. The van der Waals surface area contributed by atoms with Crippen molar-refractivity contribution < 1.29 is 13.2 Å². The highest BCUT2D eigenvalue weighted by Gasteiger charge is 2.36. The van der Waals surface area contributed by atoms with Gasteiger partial charge in [0.25, 0.3) is 10.0 Å². The average Bonchev–Trinajstić information content (AvgIpc) is 2.49. The fraction of sp³-hybridized carbons (Fsp3) is 0.200. The molecule has 0 unspecified atom stereocenters. The van der Waals surface area contributed by atoms with Crippen molar-refractivity contribution in [3.8, 4) is 5.75 Å². The van der Waals surface area contributed by atoms with Crippen LogP contribution in [0, 0.1) is 0 Å². The molecule has 0 aliphatic carbocycles. The van der Waals surface area contributed by atoms with E-state index in [0.717, 1.165) is 0 Å². The summed E-state index contributed by atoms with van der Waals surface area (Å²) in [5.74, 6) is 0.530. The van der Waals surface area contributed by atoms with Gasteiger partial charge in [-0.3, -0.25) is 4.31 Å². The predicted molar refractivity (Wildman–Crippen MR) is 87.5 cm³/mol. The Morgan fingerprint density at radius 1 is 1.18 bits per heavy atom. The van der Waals surface area contributed by atoms with Gasteiger partial charge in [-0.2, -0.15) is 0 Å². The zero-order valence-corrected chi connectivity index (χ0v) is 14.0. The van der Waals surface area contributed by atoms with Gasteiger partial charge in [-0.15, -0.1) is 0 Å². The van der Waals surface area contributed by atoms with Gasteiger partial charge in [0.05, 0.1) is 16.8 Å². The van der Waals surface area contributed by atoms with Crippen molar-refractivity contribution >= 4 is 38.9 Å². The molecule has 2 aromatic rings. The first kappa shape index (κ1) is 15.5. The SMILES string of the molecule is C[C@H]1COc2ccccc2N1S(=O)(=O)c1cc(Cl)ccc1Cl. The van der Waals surface area contributed by atoms with Crippen LogP contribution in [0.5, 0.6) is 5.75 Å². The molecule has 0 fully saturated rings. The quantitative estimate of drug-likeness (QED) is 0.816. The number of anilines is 1. The number of hydrogen-bond acceptors (Lipinski definition) is 3. The Kier molecular flexibility index (Phi) is 3.97. The van der Waals surface area contributed by atoms with Crippen LogP contribution in [0.15, 0.2) is 47.4 Å². The molecule has 1 heterocycles. The molecule has 1 atom stereocenters. The molecule has 0 aromatic heterocycles. The Morgan fingerprint density at radius 3 is 2.68 bits per heavy atom. The van der Waals surface area contributed by atoms with E-state index in [1.165, 1.54) is 16.4 Å². The number of benzene rings is 2. The smallest absolute Gasteiger partial charge is 0.266 e. The fourth-order valence-corrected chi connectivity index (χ4v) is 4.82. The zero-order chi connectivity index (χ0) is 15.9. The maximum absolute atomic E-state index is 13.1. The van der Waals surface area contributed by atoms with Crippen molar-refractivity contribution in [2.24, 2.45) is 0 Å². The number of sulfonamides is 1. The lowest BCUT2D eigenvalue weighted by Gasteiger charge is -2.35. The summed E-state index contributed by atoms with van der Waals surface area (Å²) in [6.07, 6.45) is 0. The van der Waals surface area contributed by atoms with E-state index >= 15 is 0 Å². The highest BCUT2D eigenvalue weighted by atomic mass is 35.5. The third kappa shape index (κ3) is 2.53. The van der Waals surface area contributed by atoms with Crippen LogP contribution < -0.4 is 9.04 Å². The van der Waals surface area contributed by atoms with Gasteiger partial charge >= 0.3 is 0 Å². The lowest BCUT2D eigenvalue weighted by Crippen LogP contribution is -2.45. The van der Waals surface area contributed by atoms with Crippen LogP contribution in [0.2, 0.25) is 10.0 Å². The van der Waals surface area contributed by atoms with Crippen LogP contribution in [0.25, 0.3) is 0 Å². The first-order valence-corrected chi connectivity index (χ1v) is 8.82. The number of halogens is 2. The summed E-state index contributed by atoms with van der Waals surface area (Å²) in [7, 11) is -3.84. The molecule has 0 spiro atoms. The fourth-order valence-electron chi connectivity index (χ4n) is 2.42. The van der Waals surface area contributed by atoms with Gasteiger partial charge in [0, 0.05) is 5.02 Å². The highest BCUT2D eigenvalue weighted by molar-refractivity contribution is 7.93. The van der Waals surface area contributed by atoms with E-state index in [9.17, 15) is 8.42 Å². The van der Waals surface area contributed by atoms with Crippen molar-refractivity contribution in [1.29, 1.82) is 0 Å². The van der Waals surface area contributed by atoms with E-state index in [1.54, 1.807) is 37.3 Å². The zero-order valence-electron chi connectivity index (χ0n) is 11.7. The first-order valence-electron chi connectivity index (χ1n) is 6.62. The largest absolute Gasteiger partial charge is 0.489 e. The number of nitrogens with zero attached hydrogens (tertiary/aromatic N) is 1. The van der Waals surface area contributed by atoms with E-state index in [4.69, 9.17) is 27.9 Å². The lowest BCUT2D eigenvalue weighted by molar-refractivity contribution is 0.281. The molecular weight excluding hydrogens is 345 g/mol. The molecule has 0 N–H and O–H groups in total. The molecule has 22 heavy (non-hydrogen) atoms. The van der Waals surface area contributed by atoms with Crippen LogP contribution in [0.1, 0.15) is 6.92 Å². The number of fused-ring (bicyclic) bond motifs is 1. The summed E-state index contributed by atoms with van der Waals surface area (Å²) in [4.78, 5) is -0.00906. The van der Waals surface area contributed by atoms with Crippen molar-refractivity contribution in [3.63, 3.8) is 0 Å². The molecule has 1 aliphatic heterocycles. The molecule has 0 radical (unpaired) electrons. The molecule has 0 bridgehead atoms. The summed E-state index contributed by atoms with van der Waals surface area (Å²) in [5, 5.41) is 0.456. The molecule has 1 aliphatic rings. The second-order valence-electron chi connectivity index (χ2n) is 5.00. The van der Waals surface area contributed by atoms with Crippen molar-refractivity contribution in [1.82, 2.24) is 0 Å². The Labute approximate surface area is 139 Å². The Hall–Kier alpha value is -1.43. The molecule has 0 saturated heterocycles. The second kappa shape index (κ2) is 5.65. The van der Waals surface area contributed by atoms with Gasteiger partial charge < -0.3 is 4.74 Å². The van der Waals surface area contributed by atoms with E-state index in [0.29, 0.717) is 16.5 Å². The number of ether oxygens (including phenoxy) is 1. The van der Waals surface area contributed by atoms with Gasteiger partial charge in [-0.25, -0.2) is 8.42 Å². The number of para-hydroxylation sites is 2. The topological polar surface area (TPSA) is 46.6 Å². The van der Waals surface area contributed by atoms with Crippen molar-refractivity contribution in [2.75, 3.05) is 10.9 Å². The second-order valence-corrected chi connectivity index (χ2v) is 7.63. The minimum absolute atomic E-state index is 0.00906.